The molecule has 1 rings (SSSR count). The lowest BCUT2D eigenvalue weighted by atomic mass is 10.1. The third kappa shape index (κ3) is 3.88. The second kappa shape index (κ2) is 6.45. The SMILES string of the molecule is NC(=O)c1cc(Br)c(NCC(O)CO)c([N+](=O)[O-])c1. The van der Waals surface area contributed by atoms with Crippen LogP contribution in [-0.4, -0.2) is 40.3 Å². The normalized spacial score (nSPS) is 11.9. The first-order valence-electron chi connectivity index (χ1n) is 5.17. The van der Waals surface area contributed by atoms with Gasteiger partial charge in [-0.05, 0) is 22.0 Å². The van der Waals surface area contributed by atoms with Crippen LogP contribution in [0.5, 0.6) is 0 Å². The van der Waals surface area contributed by atoms with E-state index in [1.807, 2.05) is 0 Å². The average Bonchev–Trinajstić information content (AvgIpc) is 2.35. The maximum absolute atomic E-state index is 11.0. The number of amides is 1. The van der Waals surface area contributed by atoms with Crippen LogP contribution in [0.15, 0.2) is 16.6 Å². The standard InChI is InChI=1S/C10H12BrN3O5/c11-7-1-5(10(12)17)2-8(14(18)19)9(7)13-3-6(16)4-15/h1-2,6,13,15-16H,3-4H2,(H2,12,17). The third-order valence-electron chi connectivity index (χ3n) is 2.28. The molecule has 9 heteroatoms. The van der Waals surface area contributed by atoms with Crippen LogP contribution in [-0.2, 0) is 0 Å². The van der Waals surface area contributed by atoms with E-state index in [4.69, 9.17) is 10.8 Å². The van der Waals surface area contributed by atoms with E-state index in [0.29, 0.717) is 0 Å². The highest BCUT2D eigenvalue weighted by atomic mass is 79.9. The Hall–Kier alpha value is -1.71. The van der Waals surface area contributed by atoms with Crippen molar-refractivity contribution in [1.82, 2.24) is 0 Å². The molecule has 1 aromatic carbocycles. The largest absolute Gasteiger partial charge is 0.394 e. The van der Waals surface area contributed by atoms with E-state index in [0.717, 1.165) is 6.07 Å². The van der Waals surface area contributed by atoms with Crippen LogP contribution in [0.3, 0.4) is 0 Å². The molecule has 0 radical (unpaired) electrons. The highest BCUT2D eigenvalue weighted by molar-refractivity contribution is 9.10. The van der Waals surface area contributed by atoms with Gasteiger partial charge < -0.3 is 21.3 Å². The number of hydrogen-bond acceptors (Lipinski definition) is 6. The van der Waals surface area contributed by atoms with Gasteiger partial charge in [0.15, 0.2) is 0 Å². The molecule has 0 aliphatic heterocycles. The fourth-order valence-corrected chi connectivity index (χ4v) is 1.93. The maximum atomic E-state index is 11.0. The molecule has 0 saturated carbocycles. The highest BCUT2D eigenvalue weighted by Crippen LogP contribution is 2.33. The summed E-state index contributed by atoms with van der Waals surface area (Å²) >= 11 is 3.09. The van der Waals surface area contributed by atoms with Crippen LogP contribution < -0.4 is 11.1 Å². The Kier molecular flexibility index (Phi) is 5.21. The van der Waals surface area contributed by atoms with Crippen molar-refractivity contribution in [2.45, 2.75) is 6.10 Å². The van der Waals surface area contributed by atoms with Crippen molar-refractivity contribution in [2.75, 3.05) is 18.5 Å². The first-order chi connectivity index (χ1) is 8.86. The first-order valence-corrected chi connectivity index (χ1v) is 5.96. The maximum Gasteiger partial charge on any atom is 0.294 e. The van der Waals surface area contributed by atoms with Crippen LogP contribution in [0.25, 0.3) is 0 Å². The lowest BCUT2D eigenvalue weighted by molar-refractivity contribution is -0.384. The number of nitrogens with two attached hydrogens (primary N) is 1. The minimum Gasteiger partial charge on any atom is -0.394 e. The van der Waals surface area contributed by atoms with Gasteiger partial charge in [0.2, 0.25) is 5.91 Å². The van der Waals surface area contributed by atoms with Gasteiger partial charge in [-0.15, -0.1) is 0 Å². The molecule has 104 valence electrons. The van der Waals surface area contributed by atoms with Gasteiger partial charge in [-0.2, -0.15) is 0 Å². The monoisotopic (exact) mass is 333 g/mol. The molecule has 1 atom stereocenters. The van der Waals surface area contributed by atoms with Gasteiger partial charge in [-0.25, -0.2) is 0 Å². The summed E-state index contributed by atoms with van der Waals surface area (Å²) in [5.74, 6) is -0.786. The number of halogens is 1. The number of benzene rings is 1. The predicted molar refractivity (Wildman–Crippen MR) is 70.9 cm³/mol. The number of carbonyl (C=O) groups is 1. The Labute approximate surface area is 116 Å². The second-order valence-electron chi connectivity index (χ2n) is 3.69. The number of rotatable bonds is 6. The molecule has 5 N–H and O–H groups in total. The molecule has 19 heavy (non-hydrogen) atoms. The van der Waals surface area contributed by atoms with Crippen LogP contribution in [0.2, 0.25) is 0 Å². The van der Waals surface area contributed by atoms with Gasteiger partial charge in [0, 0.05) is 22.6 Å². The van der Waals surface area contributed by atoms with E-state index >= 15 is 0 Å². The summed E-state index contributed by atoms with van der Waals surface area (Å²) in [6, 6.07) is 2.38. The zero-order valence-corrected chi connectivity index (χ0v) is 11.3. The molecule has 0 spiro atoms. The Morgan fingerprint density at radius 1 is 1.58 bits per heavy atom. The second-order valence-corrected chi connectivity index (χ2v) is 4.55. The first kappa shape index (κ1) is 15.3. The number of primary amides is 1. The van der Waals surface area contributed by atoms with Crippen molar-refractivity contribution in [2.24, 2.45) is 5.73 Å². The van der Waals surface area contributed by atoms with Crippen molar-refractivity contribution in [3.8, 4) is 0 Å². The average molecular weight is 334 g/mol. The number of aliphatic hydroxyl groups excluding tert-OH is 2. The molecular formula is C10H12BrN3O5. The molecule has 1 unspecified atom stereocenters. The van der Waals surface area contributed by atoms with E-state index in [-0.39, 0.29) is 28.0 Å². The smallest absolute Gasteiger partial charge is 0.294 e. The molecule has 1 amide bonds. The number of nitrogens with zero attached hydrogens (tertiary/aromatic N) is 1. The summed E-state index contributed by atoms with van der Waals surface area (Å²) in [6.07, 6.45) is -1.05. The molecule has 0 heterocycles. The fraction of sp³-hybridized carbons (Fsp3) is 0.300. The zero-order valence-electron chi connectivity index (χ0n) is 9.67. The fourth-order valence-electron chi connectivity index (χ4n) is 1.34. The van der Waals surface area contributed by atoms with E-state index in [1.54, 1.807) is 0 Å². The Balaban J connectivity index is 3.15. The predicted octanol–water partition coefficient (Wildman–Crippen LogP) is 0.221. The number of hydrogen-bond donors (Lipinski definition) is 4. The molecular weight excluding hydrogens is 322 g/mol. The summed E-state index contributed by atoms with van der Waals surface area (Å²) in [6.45, 7) is -0.552. The number of carbonyl (C=O) groups excluding carboxylic acids is 1. The van der Waals surface area contributed by atoms with Crippen molar-refractivity contribution < 1.29 is 19.9 Å². The number of anilines is 1. The summed E-state index contributed by atoms with van der Waals surface area (Å²) in [7, 11) is 0. The molecule has 0 aliphatic carbocycles. The Morgan fingerprint density at radius 2 is 2.21 bits per heavy atom. The molecule has 0 aliphatic rings. The molecule has 8 nitrogen and oxygen atoms in total. The topological polar surface area (TPSA) is 139 Å². The number of nitrogens with one attached hydrogen (secondary N) is 1. The number of aliphatic hydroxyl groups is 2. The van der Waals surface area contributed by atoms with Crippen molar-refractivity contribution in [3.05, 3.63) is 32.3 Å². The van der Waals surface area contributed by atoms with Crippen molar-refractivity contribution in [1.29, 1.82) is 0 Å². The van der Waals surface area contributed by atoms with Gasteiger partial charge in [0.25, 0.3) is 5.69 Å². The summed E-state index contributed by atoms with van der Waals surface area (Å²) in [5.41, 5.74) is 4.81. The van der Waals surface area contributed by atoms with Gasteiger partial charge >= 0.3 is 0 Å². The van der Waals surface area contributed by atoms with E-state index in [1.165, 1.54) is 6.07 Å². The lowest BCUT2D eigenvalue weighted by Crippen LogP contribution is -2.23. The highest BCUT2D eigenvalue weighted by Gasteiger charge is 2.20. The van der Waals surface area contributed by atoms with Crippen LogP contribution in [0.4, 0.5) is 11.4 Å². The molecule has 1 aromatic rings. The lowest BCUT2D eigenvalue weighted by Gasteiger charge is -2.12. The van der Waals surface area contributed by atoms with Crippen LogP contribution >= 0.6 is 15.9 Å². The van der Waals surface area contributed by atoms with E-state index < -0.39 is 23.5 Å². The zero-order chi connectivity index (χ0) is 14.6. The summed E-state index contributed by atoms with van der Waals surface area (Å²) < 4.78 is 0.264. The Morgan fingerprint density at radius 3 is 2.68 bits per heavy atom. The third-order valence-corrected chi connectivity index (χ3v) is 2.90. The van der Waals surface area contributed by atoms with Crippen LogP contribution in [0, 0.1) is 10.1 Å². The Bertz CT molecular complexity index is 508. The van der Waals surface area contributed by atoms with Gasteiger partial charge in [-0.1, -0.05) is 0 Å². The van der Waals surface area contributed by atoms with Crippen molar-refractivity contribution in [3.63, 3.8) is 0 Å². The summed E-state index contributed by atoms with van der Waals surface area (Å²) in [5, 5.41) is 31.5. The minimum absolute atomic E-state index is 0.00756. The molecule has 0 fully saturated rings. The van der Waals surface area contributed by atoms with Crippen molar-refractivity contribution >= 4 is 33.2 Å². The molecule has 0 bridgehead atoms. The number of nitro benzene ring substituents is 1. The summed E-state index contributed by atoms with van der Waals surface area (Å²) in [4.78, 5) is 21.3. The van der Waals surface area contributed by atoms with Gasteiger partial charge in [0.05, 0.1) is 17.6 Å². The van der Waals surface area contributed by atoms with Crippen LogP contribution in [0.1, 0.15) is 10.4 Å². The van der Waals surface area contributed by atoms with E-state index in [9.17, 15) is 20.0 Å². The van der Waals surface area contributed by atoms with E-state index in [2.05, 4.69) is 21.2 Å². The molecule has 0 aromatic heterocycles. The quantitative estimate of drug-likeness (QED) is 0.434. The molecule has 0 saturated heterocycles. The van der Waals surface area contributed by atoms with Gasteiger partial charge in [0.1, 0.15) is 5.69 Å². The number of nitro groups is 1. The minimum atomic E-state index is -1.05. The van der Waals surface area contributed by atoms with Gasteiger partial charge in [-0.3, -0.25) is 14.9 Å².